The maximum absolute atomic E-state index is 6.01. The Morgan fingerprint density at radius 3 is 2.57 bits per heavy atom. The van der Waals surface area contributed by atoms with E-state index in [1.54, 1.807) is 7.11 Å². The molecule has 2 fully saturated rings. The van der Waals surface area contributed by atoms with Gasteiger partial charge >= 0.3 is 0 Å². The van der Waals surface area contributed by atoms with Crippen LogP contribution in [0.2, 0.25) is 0 Å². The maximum atomic E-state index is 6.01. The molecule has 2 aromatic rings. The van der Waals surface area contributed by atoms with Gasteiger partial charge in [0.2, 0.25) is 0 Å². The third kappa shape index (κ3) is 2.42. The zero-order valence-electron chi connectivity index (χ0n) is 12.4. The molecule has 3 nitrogen and oxygen atoms in total. The van der Waals surface area contributed by atoms with Gasteiger partial charge in [-0.3, -0.25) is 0 Å². The van der Waals surface area contributed by atoms with E-state index in [-0.39, 0.29) is 0 Å². The first-order valence-corrected chi connectivity index (χ1v) is 8.46. The zero-order chi connectivity index (χ0) is 14.4. The first-order valence-electron chi connectivity index (χ1n) is 7.92. The Morgan fingerprint density at radius 2 is 2.00 bits per heavy atom. The summed E-state index contributed by atoms with van der Waals surface area (Å²) >= 11 is 6.01. The third-order valence-electron chi connectivity index (χ3n) is 4.80. The minimum absolute atomic E-state index is 0.625. The molecule has 1 aromatic carbocycles. The van der Waals surface area contributed by atoms with E-state index in [2.05, 4.69) is 16.7 Å². The van der Waals surface area contributed by atoms with E-state index in [9.17, 15) is 0 Å². The SMILES string of the molecule is COc1ccc2nc(CCCl)n(C(C3CC3)C3CC3)c2c1. The summed E-state index contributed by atoms with van der Waals surface area (Å²) in [6.45, 7) is 0. The van der Waals surface area contributed by atoms with Crippen molar-refractivity contribution >= 4 is 22.6 Å². The molecule has 4 heteroatoms. The average molecular weight is 305 g/mol. The molecule has 0 aliphatic heterocycles. The maximum Gasteiger partial charge on any atom is 0.121 e. The molecule has 0 radical (unpaired) electrons. The van der Waals surface area contributed by atoms with Crippen molar-refractivity contribution in [2.24, 2.45) is 11.8 Å². The van der Waals surface area contributed by atoms with E-state index in [1.165, 1.54) is 31.2 Å². The number of imidazole rings is 1. The van der Waals surface area contributed by atoms with Gasteiger partial charge in [-0.05, 0) is 49.7 Å². The van der Waals surface area contributed by atoms with Crippen LogP contribution in [-0.2, 0) is 6.42 Å². The number of methoxy groups -OCH3 is 1. The number of benzene rings is 1. The van der Waals surface area contributed by atoms with Gasteiger partial charge in [0.1, 0.15) is 11.6 Å². The monoisotopic (exact) mass is 304 g/mol. The van der Waals surface area contributed by atoms with Crippen molar-refractivity contribution in [1.82, 2.24) is 9.55 Å². The lowest BCUT2D eigenvalue weighted by atomic mass is 10.1. The largest absolute Gasteiger partial charge is 0.497 e. The molecule has 0 atom stereocenters. The van der Waals surface area contributed by atoms with Gasteiger partial charge in [0.05, 0.1) is 18.1 Å². The molecule has 0 amide bonds. The molecular weight excluding hydrogens is 284 g/mol. The minimum atomic E-state index is 0.625. The van der Waals surface area contributed by atoms with E-state index in [4.69, 9.17) is 21.3 Å². The second-order valence-corrected chi connectivity index (χ2v) is 6.74. The highest BCUT2D eigenvalue weighted by Crippen LogP contribution is 2.53. The van der Waals surface area contributed by atoms with Crippen LogP contribution >= 0.6 is 11.6 Å². The fourth-order valence-electron chi connectivity index (χ4n) is 3.53. The van der Waals surface area contributed by atoms with Crippen LogP contribution in [0.3, 0.4) is 0 Å². The lowest BCUT2D eigenvalue weighted by Gasteiger charge is -2.21. The van der Waals surface area contributed by atoms with E-state index in [0.717, 1.165) is 35.3 Å². The minimum Gasteiger partial charge on any atom is -0.497 e. The molecular formula is C17H21ClN2O. The highest BCUT2D eigenvalue weighted by Gasteiger charge is 2.43. The van der Waals surface area contributed by atoms with E-state index in [1.807, 2.05) is 6.07 Å². The highest BCUT2D eigenvalue weighted by atomic mass is 35.5. The van der Waals surface area contributed by atoms with Crippen LogP contribution < -0.4 is 4.74 Å². The summed E-state index contributed by atoms with van der Waals surface area (Å²) in [6.07, 6.45) is 6.31. The van der Waals surface area contributed by atoms with Gasteiger partial charge in [0.25, 0.3) is 0 Å². The Morgan fingerprint density at radius 1 is 1.29 bits per heavy atom. The second kappa shape index (κ2) is 5.20. The van der Waals surface area contributed by atoms with E-state index < -0.39 is 0 Å². The number of hydrogen-bond acceptors (Lipinski definition) is 2. The van der Waals surface area contributed by atoms with Gasteiger partial charge in [0, 0.05) is 24.4 Å². The van der Waals surface area contributed by atoms with Crippen LogP contribution in [0, 0.1) is 11.8 Å². The summed E-state index contributed by atoms with van der Waals surface area (Å²) in [5.74, 6) is 4.37. The van der Waals surface area contributed by atoms with Gasteiger partial charge in [-0.15, -0.1) is 11.6 Å². The molecule has 0 unspecified atom stereocenters. The fourth-order valence-corrected chi connectivity index (χ4v) is 3.69. The van der Waals surface area contributed by atoms with Crippen LogP contribution in [0.4, 0.5) is 0 Å². The smallest absolute Gasteiger partial charge is 0.121 e. The molecule has 21 heavy (non-hydrogen) atoms. The van der Waals surface area contributed by atoms with Gasteiger partial charge in [0.15, 0.2) is 0 Å². The molecule has 0 N–H and O–H groups in total. The fraction of sp³-hybridized carbons (Fsp3) is 0.588. The molecule has 2 aliphatic carbocycles. The zero-order valence-corrected chi connectivity index (χ0v) is 13.1. The summed E-state index contributed by atoms with van der Waals surface area (Å²) in [6, 6.07) is 6.82. The quantitative estimate of drug-likeness (QED) is 0.748. The lowest BCUT2D eigenvalue weighted by Crippen LogP contribution is -2.16. The molecule has 2 aliphatic rings. The summed E-state index contributed by atoms with van der Waals surface area (Å²) in [5.41, 5.74) is 2.29. The summed E-state index contributed by atoms with van der Waals surface area (Å²) in [4.78, 5) is 4.84. The van der Waals surface area contributed by atoms with Crippen LogP contribution in [0.1, 0.15) is 37.5 Å². The van der Waals surface area contributed by atoms with Gasteiger partial charge in [-0.2, -0.15) is 0 Å². The van der Waals surface area contributed by atoms with Crippen molar-refractivity contribution in [3.8, 4) is 5.75 Å². The van der Waals surface area contributed by atoms with Crippen LogP contribution in [-0.4, -0.2) is 22.5 Å². The molecule has 1 aromatic heterocycles. The number of nitrogens with zero attached hydrogens (tertiary/aromatic N) is 2. The molecule has 112 valence electrons. The Labute approximate surface area is 130 Å². The highest BCUT2D eigenvalue weighted by molar-refractivity contribution is 6.17. The van der Waals surface area contributed by atoms with Gasteiger partial charge < -0.3 is 9.30 Å². The standard InChI is InChI=1S/C17H21ClN2O/c1-21-13-6-7-14-15(10-13)20(16(19-14)8-9-18)17(11-2-3-11)12-4-5-12/h6-7,10-12,17H,2-5,8-9H2,1H3. The number of aryl methyl sites for hydroxylation is 1. The van der Waals surface area contributed by atoms with Crippen molar-refractivity contribution < 1.29 is 4.74 Å². The van der Waals surface area contributed by atoms with Crippen LogP contribution in [0.5, 0.6) is 5.75 Å². The number of rotatable bonds is 6. The summed E-state index contributed by atoms with van der Waals surface area (Å²) < 4.78 is 7.91. The Balaban J connectivity index is 1.87. The number of fused-ring (bicyclic) bond motifs is 1. The normalized spacial score (nSPS) is 18.6. The first-order chi connectivity index (χ1) is 10.3. The number of alkyl halides is 1. The van der Waals surface area contributed by atoms with Crippen molar-refractivity contribution in [2.75, 3.05) is 13.0 Å². The molecule has 0 spiro atoms. The van der Waals surface area contributed by atoms with Gasteiger partial charge in [-0.25, -0.2) is 4.98 Å². The Hall–Kier alpha value is -1.22. The molecule has 1 heterocycles. The van der Waals surface area contributed by atoms with Crippen molar-refractivity contribution in [3.05, 3.63) is 24.0 Å². The van der Waals surface area contributed by atoms with Crippen molar-refractivity contribution in [3.63, 3.8) is 0 Å². The number of ether oxygens (including phenoxy) is 1. The molecule has 2 saturated carbocycles. The number of aromatic nitrogens is 2. The van der Waals surface area contributed by atoms with Crippen LogP contribution in [0.25, 0.3) is 11.0 Å². The predicted molar refractivity (Wildman–Crippen MR) is 85.2 cm³/mol. The Bertz CT molecular complexity index is 646. The van der Waals surface area contributed by atoms with Crippen molar-refractivity contribution in [2.45, 2.75) is 38.1 Å². The van der Waals surface area contributed by atoms with Crippen molar-refractivity contribution in [1.29, 1.82) is 0 Å². The lowest BCUT2D eigenvalue weighted by molar-refractivity contribution is 0.392. The molecule has 4 rings (SSSR count). The predicted octanol–water partition coefficient (Wildman–Crippen LogP) is 4.19. The number of hydrogen-bond donors (Lipinski definition) is 0. The van der Waals surface area contributed by atoms with Gasteiger partial charge in [-0.1, -0.05) is 0 Å². The second-order valence-electron chi connectivity index (χ2n) is 6.36. The summed E-state index contributed by atoms with van der Waals surface area (Å²) in [5, 5.41) is 0. The first kappa shape index (κ1) is 13.4. The summed E-state index contributed by atoms with van der Waals surface area (Å²) in [7, 11) is 1.72. The average Bonchev–Trinajstić information content (AvgIpc) is 3.39. The topological polar surface area (TPSA) is 27.1 Å². The third-order valence-corrected chi connectivity index (χ3v) is 4.98. The van der Waals surface area contributed by atoms with E-state index >= 15 is 0 Å². The van der Waals surface area contributed by atoms with E-state index in [0.29, 0.717) is 11.9 Å². The van der Waals surface area contributed by atoms with Crippen LogP contribution in [0.15, 0.2) is 18.2 Å². The molecule has 0 bridgehead atoms. The number of halogens is 1. The Kier molecular flexibility index (Phi) is 3.33. The molecule has 0 saturated heterocycles.